The quantitative estimate of drug-likeness (QED) is 0.515. The van der Waals surface area contributed by atoms with E-state index in [-0.39, 0.29) is 22.2 Å². The number of halogens is 1. The molecular formula is C10H9BrN2O2. The maximum absolute atomic E-state index is 11.5. The second-order valence-electron chi connectivity index (χ2n) is 2.81. The van der Waals surface area contributed by atoms with E-state index in [1.807, 2.05) is 6.07 Å². The van der Waals surface area contributed by atoms with Crippen LogP contribution in [0.4, 0.5) is 5.69 Å². The van der Waals surface area contributed by atoms with Crippen molar-refractivity contribution in [3.8, 4) is 11.8 Å². The zero-order valence-electron chi connectivity index (χ0n) is 8.08. The number of nitrogens with zero attached hydrogens (tertiary/aromatic N) is 1. The Morgan fingerprint density at radius 3 is 2.80 bits per heavy atom. The molecule has 0 spiro atoms. The average molecular weight is 269 g/mol. The topological polar surface area (TPSA) is 76.1 Å². The van der Waals surface area contributed by atoms with Crippen molar-refractivity contribution in [2.24, 2.45) is 0 Å². The summed E-state index contributed by atoms with van der Waals surface area (Å²) in [5.74, 6) is 0.124. The molecule has 0 radical (unpaired) electrons. The smallest absolute Gasteiger partial charge is 0.174 e. The maximum Gasteiger partial charge on any atom is 0.174 e. The first-order valence-corrected chi connectivity index (χ1v) is 5.23. The van der Waals surface area contributed by atoms with Crippen LogP contribution in [0, 0.1) is 11.3 Å². The fourth-order valence-electron chi connectivity index (χ4n) is 1.20. The highest BCUT2D eigenvalue weighted by molar-refractivity contribution is 9.09. The second-order valence-corrected chi connectivity index (χ2v) is 3.38. The molecule has 0 saturated heterocycles. The molecule has 78 valence electrons. The van der Waals surface area contributed by atoms with Gasteiger partial charge in [-0.3, -0.25) is 4.79 Å². The standard InChI is InChI=1S/C10H9BrN2O2/c1-15-10-3-6(13)2-7(8(10)5-12)9(14)4-11/h2-3H,4,13H2,1H3. The normalized spacial score (nSPS) is 9.40. The average Bonchev–Trinajstić information content (AvgIpc) is 2.26. The minimum atomic E-state index is -0.197. The van der Waals surface area contributed by atoms with Crippen molar-refractivity contribution in [1.82, 2.24) is 0 Å². The highest BCUT2D eigenvalue weighted by Gasteiger charge is 2.15. The number of nitrogen functional groups attached to an aromatic ring is 1. The summed E-state index contributed by atoms with van der Waals surface area (Å²) in [6, 6.07) is 4.93. The Labute approximate surface area is 95.8 Å². The third kappa shape index (κ3) is 2.28. The molecule has 0 amide bonds. The first-order valence-electron chi connectivity index (χ1n) is 4.10. The van der Waals surface area contributed by atoms with E-state index in [0.29, 0.717) is 11.4 Å². The molecule has 0 bridgehead atoms. The number of nitriles is 1. The lowest BCUT2D eigenvalue weighted by atomic mass is 10.0. The van der Waals surface area contributed by atoms with E-state index in [2.05, 4.69) is 15.9 Å². The molecule has 0 aromatic heterocycles. The molecule has 2 N–H and O–H groups in total. The highest BCUT2D eigenvalue weighted by Crippen LogP contribution is 2.25. The third-order valence-corrected chi connectivity index (χ3v) is 2.39. The van der Waals surface area contributed by atoms with Gasteiger partial charge in [0.25, 0.3) is 0 Å². The Morgan fingerprint density at radius 2 is 2.33 bits per heavy atom. The molecule has 1 rings (SSSR count). The molecule has 4 nitrogen and oxygen atoms in total. The van der Waals surface area contributed by atoms with Crippen molar-refractivity contribution in [2.45, 2.75) is 0 Å². The number of hydrogen-bond acceptors (Lipinski definition) is 4. The van der Waals surface area contributed by atoms with Gasteiger partial charge in [-0.1, -0.05) is 15.9 Å². The van der Waals surface area contributed by atoms with Gasteiger partial charge in [0.05, 0.1) is 12.4 Å². The number of ether oxygens (including phenoxy) is 1. The summed E-state index contributed by atoms with van der Waals surface area (Å²) >= 11 is 3.05. The summed E-state index contributed by atoms with van der Waals surface area (Å²) in [5, 5.41) is 9.07. The van der Waals surface area contributed by atoms with Crippen molar-refractivity contribution in [1.29, 1.82) is 5.26 Å². The second kappa shape index (κ2) is 4.80. The molecule has 0 atom stereocenters. The third-order valence-electron chi connectivity index (χ3n) is 1.88. The van der Waals surface area contributed by atoms with Gasteiger partial charge in [0, 0.05) is 17.3 Å². The summed E-state index contributed by atoms with van der Waals surface area (Å²) in [7, 11) is 1.43. The number of anilines is 1. The number of ketones is 1. The molecule has 0 aliphatic rings. The van der Waals surface area contributed by atoms with Gasteiger partial charge in [0.2, 0.25) is 0 Å². The number of alkyl halides is 1. The van der Waals surface area contributed by atoms with Crippen LogP contribution in [0.2, 0.25) is 0 Å². The van der Waals surface area contributed by atoms with Crippen LogP contribution in [0.5, 0.6) is 5.75 Å². The maximum atomic E-state index is 11.5. The van der Waals surface area contributed by atoms with E-state index in [1.54, 1.807) is 0 Å². The fourth-order valence-corrected chi connectivity index (χ4v) is 1.51. The molecule has 5 heteroatoms. The van der Waals surface area contributed by atoms with E-state index in [9.17, 15) is 4.79 Å². The largest absolute Gasteiger partial charge is 0.495 e. The van der Waals surface area contributed by atoms with Gasteiger partial charge in [0.1, 0.15) is 17.4 Å². The summed E-state index contributed by atoms with van der Waals surface area (Å²) in [6.07, 6.45) is 0. The van der Waals surface area contributed by atoms with Gasteiger partial charge in [-0.2, -0.15) is 5.26 Å². The monoisotopic (exact) mass is 268 g/mol. The summed E-state index contributed by atoms with van der Waals surface area (Å²) < 4.78 is 4.98. The van der Waals surface area contributed by atoms with Crippen molar-refractivity contribution in [2.75, 3.05) is 18.2 Å². The molecule has 1 aromatic rings. The lowest BCUT2D eigenvalue weighted by molar-refractivity contribution is 0.102. The van der Waals surface area contributed by atoms with Gasteiger partial charge in [-0.05, 0) is 6.07 Å². The number of benzene rings is 1. The van der Waals surface area contributed by atoms with Crippen LogP contribution in [0.15, 0.2) is 12.1 Å². The van der Waals surface area contributed by atoms with Gasteiger partial charge >= 0.3 is 0 Å². The molecule has 0 aliphatic carbocycles. The lowest BCUT2D eigenvalue weighted by Crippen LogP contribution is -2.06. The first kappa shape index (κ1) is 11.5. The summed E-state index contributed by atoms with van der Waals surface area (Å²) in [5.41, 5.74) is 6.49. The van der Waals surface area contributed by atoms with Gasteiger partial charge < -0.3 is 10.5 Å². The zero-order valence-corrected chi connectivity index (χ0v) is 9.67. The predicted octanol–water partition coefficient (Wildman–Crippen LogP) is 1.73. The van der Waals surface area contributed by atoms with E-state index >= 15 is 0 Å². The highest BCUT2D eigenvalue weighted by atomic mass is 79.9. The summed E-state index contributed by atoms with van der Waals surface area (Å²) in [4.78, 5) is 11.5. The lowest BCUT2D eigenvalue weighted by Gasteiger charge is -2.08. The van der Waals surface area contributed by atoms with Crippen LogP contribution >= 0.6 is 15.9 Å². The first-order chi connectivity index (χ1) is 7.13. The fraction of sp³-hybridized carbons (Fsp3) is 0.200. The Morgan fingerprint density at radius 1 is 1.67 bits per heavy atom. The number of nitrogens with two attached hydrogens (primary N) is 1. The number of methoxy groups -OCH3 is 1. The van der Waals surface area contributed by atoms with Crippen molar-refractivity contribution in [3.63, 3.8) is 0 Å². The molecule has 15 heavy (non-hydrogen) atoms. The molecule has 0 unspecified atom stereocenters. The number of Topliss-reactive ketones (excluding diaryl/α,β-unsaturated/α-hetero) is 1. The number of rotatable bonds is 3. The van der Waals surface area contributed by atoms with Gasteiger partial charge in [-0.15, -0.1) is 0 Å². The van der Waals surface area contributed by atoms with Gasteiger partial charge in [0.15, 0.2) is 5.78 Å². The van der Waals surface area contributed by atoms with Crippen molar-refractivity contribution in [3.05, 3.63) is 23.3 Å². The van der Waals surface area contributed by atoms with Crippen LogP contribution in [-0.2, 0) is 0 Å². The van der Waals surface area contributed by atoms with E-state index < -0.39 is 0 Å². The number of carbonyl (C=O) groups is 1. The minimum Gasteiger partial charge on any atom is -0.495 e. The van der Waals surface area contributed by atoms with Crippen LogP contribution in [-0.4, -0.2) is 18.2 Å². The SMILES string of the molecule is COc1cc(N)cc(C(=O)CBr)c1C#N. The Kier molecular flexibility index (Phi) is 3.69. The minimum absolute atomic E-state index is 0.147. The Bertz CT molecular complexity index is 438. The molecule has 0 heterocycles. The van der Waals surface area contributed by atoms with Gasteiger partial charge in [-0.25, -0.2) is 0 Å². The molecular weight excluding hydrogens is 260 g/mol. The molecule has 1 aromatic carbocycles. The van der Waals surface area contributed by atoms with Crippen LogP contribution in [0.1, 0.15) is 15.9 Å². The van der Waals surface area contributed by atoms with E-state index in [0.717, 1.165) is 0 Å². The predicted molar refractivity (Wildman–Crippen MR) is 60.2 cm³/mol. The van der Waals surface area contributed by atoms with Crippen LogP contribution in [0.3, 0.4) is 0 Å². The Hall–Kier alpha value is -1.54. The molecule has 0 aliphatic heterocycles. The van der Waals surface area contributed by atoms with E-state index in [1.165, 1.54) is 19.2 Å². The summed E-state index contributed by atoms with van der Waals surface area (Å²) in [6.45, 7) is 0. The van der Waals surface area contributed by atoms with Crippen molar-refractivity contribution < 1.29 is 9.53 Å². The zero-order chi connectivity index (χ0) is 11.4. The number of hydrogen-bond donors (Lipinski definition) is 1. The molecule has 0 fully saturated rings. The van der Waals surface area contributed by atoms with Crippen molar-refractivity contribution >= 4 is 27.4 Å². The Balaban J connectivity index is 3.43. The molecule has 0 saturated carbocycles. The van der Waals surface area contributed by atoms with Crippen LogP contribution < -0.4 is 10.5 Å². The number of carbonyl (C=O) groups excluding carboxylic acids is 1. The van der Waals surface area contributed by atoms with E-state index in [4.69, 9.17) is 15.7 Å². The van der Waals surface area contributed by atoms with Crippen LogP contribution in [0.25, 0.3) is 0 Å².